The van der Waals surface area contributed by atoms with Crippen LogP contribution in [0.3, 0.4) is 0 Å². The van der Waals surface area contributed by atoms with Crippen molar-refractivity contribution >= 4 is 5.91 Å². The van der Waals surface area contributed by atoms with Crippen LogP contribution in [0.2, 0.25) is 0 Å². The van der Waals surface area contributed by atoms with Gasteiger partial charge in [0.1, 0.15) is 11.6 Å². The predicted molar refractivity (Wildman–Crippen MR) is 94.2 cm³/mol. The molecule has 3 rings (SSSR count). The van der Waals surface area contributed by atoms with Crippen molar-refractivity contribution in [2.24, 2.45) is 0 Å². The Kier molecular flexibility index (Phi) is 5.17. The van der Waals surface area contributed by atoms with E-state index in [1.165, 1.54) is 23.9 Å². The Balaban J connectivity index is 1.77. The molecule has 0 atom stereocenters. The van der Waals surface area contributed by atoms with E-state index in [4.69, 9.17) is 9.47 Å². The number of halogens is 1. The number of rotatable bonds is 6. The number of nitrogens with zero attached hydrogens (tertiary/aromatic N) is 2. The molecule has 0 spiro atoms. The van der Waals surface area contributed by atoms with Crippen LogP contribution in [-0.4, -0.2) is 29.9 Å². The first-order valence-electron chi connectivity index (χ1n) is 7.91. The van der Waals surface area contributed by atoms with Crippen molar-refractivity contribution in [2.45, 2.75) is 6.54 Å². The molecule has 0 bridgehead atoms. The van der Waals surface area contributed by atoms with Crippen molar-refractivity contribution < 1.29 is 18.7 Å². The van der Waals surface area contributed by atoms with Crippen molar-refractivity contribution in [3.8, 4) is 17.2 Å². The van der Waals surface area contributed by atoms with Crippen LogP contribution in [0, 0.1) is 5.82 Å². The molecule has 1 amide bonds. The van der Waals surface area contributed by atoms with Gasteiger partial charge in [-0.1, -0.05) is 12.1 Å². The largest absolute Gasteiger partial charge is 0.497 e. The third kappa shape index (κ3) is 3.83. The highest BCUT2D eigenvalue weighted by Gasteiger charge is 2.18. The second-order valence-electron chi connectivity index (χ2n) is 5.50. The van der Waals surface area contributed by atoms with Crippen molar-refractivity contribution in [3.05, 3.63) is 71.8 Å². The minimum absolute atomic E-state index is 0.153. The summed E-state index contributed by atoms with van der Waals surface area (Å²) < 4.78 is 25.0. The Morgan fingerprint density at radius 3 is 2.62 bits per heavy atom. The van der Waals surface area contributed by atoms with Gasteiger partial charge in [-0.15, -0.1) is 0 Å². The topological polar surface area (TPSA) is 65.4 Å². The molecule has 0 fully saturated rings. The van der Waals surface area contributed by atoms with Gasteiger partial charge in [0, 0.05) is 6.54 Å². The molecule has 0 aliphatic heterocycles. The quantitative estimate of drug-likeness (QED) is 0.738. The highest BCUT2D eigenvalue weighted by atomic mass is 19.1. The standard InChI is InChI=1S/C19H18FN3O3/c1-25-16-5-3-4-13(10-16)11-21-19(24)18-17(26-2)12-23(22-18)15-8-6-14(20)7-9-15/h3-10,12H,11H2,1-2H3,(H,21,24). The van der Waals surface area contributed by atoms with Crippen molar-refractivity contribution in [1.29, 1.82) is 0 Å². The van der Waals surface area contributed by atoms with Crippen LogP contribution in [0.5, 0.6) is 11.5 Å². The average Bonchev–Trinajstić information content (AvgIpc) is 3.11. The number of hydrogen-bond donors (Lipinski definition) is 1. The average molecular weight is 355 g/mol. The molecule has 1 heterocycles. The Bertz CT molecular complexity index is 907. The highest BCUT2D eigenvalue weighted by molar-refractivity contribution is 5.94. The lowest BCUT2D eigenvalue weighted by Gasteiger charge is -2.06. The molecule has 0 saturated heterocycles. The Labute approximate surface area is 150 Å². The molecule has 26 heavy (non-hydrogen) atoms. The number of amides is 1. The summed E-state index contributed by atoms with van der Waals surface area (Å²) in [5.41, 5.74) is 1.67. The molecule has 134 valence electrons. The molecular weight excluding hydrogens is 337 g/mol. The second-order valence-corrected chi connectivity index (χ2v) is 5.50. The van der Waals surface area contributed by atoms with Crippen LogP contribution in [0.4, 0.5) is 4.39 Å². The van der Waals surface area contributed by atoms with Gasteiger partial charge in [-0.2, -0.15) is 5.10 Å². The molecule has 1 aromatic heterocycles. The summed E-state index contributed by atoms with van der Waals surface area (Å²) in [5, 5.41) is 7.06. The summed E-state index contributed by atoms with van der Waals surface area (Å²) in [6.07, 6.45) is 1.58. The lowest BCUT2D eigenvalue weighted by molar-refractivity contribution is 0.0942. The summed E-state index contributed by atoms with van der Waals surface area (Å²) in [6, 6.07) is 13.2. The van der Waals surface area contributed by atoms with Crippen LogP contribution < -0.4 is 14.8 Å². The van der Waals surface area contributed by atoms with E-state index in [0.29, 0.717) is 18.0 Å². The third-order valence-corrected chi connectivity index (χ3v) is 3.79. The van der Waals surface area contributed by atoms with Gasteiger partial charge in [0.15, 0.2) is 11.4 Å². The highest BCUT2D eigenvalue weighted by Crippen LogP contribution is 2.20. The number of carbonyl (C=O) groups is 1. The molecule has 2 aromatic carbocycles. The molecule has 1 N–H and O–H groups in total. The van der Waals surface area contributed by atoms with Crippen molar-refractivity contribution in [3.63, 3.8) is 0 Å². The predicted octanol–water partition coefficient (Wildman–Crippen LogP) is 2.96. The van der Waals surface area contributed by atoms with E-state index >= 15 is 0 Å². The minimum atomic E-state index is -0.370. The van der Waals surface area contributed by atoms with E-state index in [2.05, 4.69) is 10.4 Å². The van der Waals surface area contributed by atoms with E-state index in [-0.39, 0.29) is 17.4 Å². The minimum Gasteiger partial charge on any atom is -0.497 e. The first-order valence-corrected chi connectivity index (χ1v) is 7.91. The van der Waals surface area contributed by atoms with E-state index in [1.807, 2.05) is 24.3 Å². The zero-order chi connectivity index (χ0) is 18.5. The lowest BCUT2D eigenvalue weighted by Crippen LogP contribution is -2.24. The fraction of sp³-hybridized carbons (Fsp3) is 0.158. The van der Waals surface area contributed by atoms with E-state index in [9.17, 15) is 9.18 Å². The zero-order valence-corrected chi connectivity index (χ0v) is 14.4. The van der Waals surface area contributed by atoms with Gasteiger partial charge in [-0.3, -0.25) is 4.79 Å². The Morgan fingerprint density at radius 2 is 1.92 bits per heavy atom. The van der Waals surface area contributed by atoms with Gasteiger partial charge in [0.05, 0.1) is 26.1 Å². The van der Waals surface area contributed by atoms with E-state index in [0.717, 1.165) is 11.3 Å². The van der Waals surface area contributed by atoms with Crippen LogP contribution in [0.15, 0.2) is 54.7 Å². The number of ether oxygens (including phenoxy) is 2. The summed E-state index contributed by atoms with van der Waals surface area (Å²) in [5.74, 6) is 0.335. The fourth-order valence-corrected chi connectivity index (χ4v) is 2.44. The van der Waals surface area contributed by atoms with Crippen LogP contribution in [0.25, 0.3) is 5.69 Å². The number of aromatic nitrogens is 2. The van der Waals surface area contributed by atoms with Gasteiger partial charge in [-0.05, 0) is 42.0 Å². The van der Waals surface area contributed by atoms with Crippen LogP contribution in [-0.2, 0) is 6.54 Å². The summed E-state index contributed by atoms with van der Waals surface area (Å²) in [6.45, 7) is 0.322. The number of nitrogens with one attached hydrogen (secondary N) is 1. The van der Waals surface area contributed by atoms with Crippen molar-refractivity contribution in [1.82, 2.24) is 15.1 Å². The van der Waals surface area contributed by atoms with Gasteiger partial charge < -0.3 is 14.8 Å². The third-order valence-electron chi connectivity index (χ3n) is 3.79. The first kappa shape index (κ1) is 17.5. The zero-order valence-electron chi connectivity index (χ0n) is 14.4. The molecule has 0 unspecified atom stereocenters. The van der Waals surface area contributed by atoms with Crippen molar-refractivity contribution in [2.75, 3.05) is 14.2 Å². The molecule has 0 radical (unpaired) electrons. The van der Waals surface area contributed by atoms with Gasteiger partial charge >= 0.3 is 0 Å². The van der Waals surface area contributed by atoms with Crippen LogP contribution >= 0.6 is 0 Å². The SMILES string of the molecule is COc1cccc(CNC(=O)c2nn(-c3ccc(F)cc3)cc2OC)c1. The van der Waals surface area contributed by atoms with Gasteiger partial charge in [0.25, 0.3) is 5.91 Å². The van der Waals surface area contributed by atoms with Crippen LogP contribution in [0.1, 0.15) is 16.1 Å². The maximum Gasteiger partial charge on any atom is 0.275 e. The molecule has 7 heteroatoms. The van der Waals surface area contributed by atoms with E-state index < -0.39 is 0 Å². The smallest absolute Gasteiger partial charge is 0.275 e. The number of hydrogen-bond acceptors (Lipinski definition) is 4. The molecule has 3 aromatic rings. The molecule has 0 saturated carbocycles. The fourth-order valence-electron chi connectivity index (χ4n) is 2.44. The number of carbonyl (C=O) groups excluding carboxylic acids is 1. The normalized spacial score (nSPS) is 10.4. The maximum absolute atomic E-state index is 13.1. The Morgan fingerprint density at radius 1 is 1.15 bits per heavy atom. The second kappa shape index (κ2) is 7.69. The maximum atomic E-state index is 13.1. The lowest BCUT2D eigenvalue weighted by atomic mass is 10.2. The first-order chi connectivity index (χ1) is 12.6. The van der Waals surface area contributed by atoms with E-state index in [1.54, 1.807) is 25.4 Å². The number of benzene rings is 2. The summed E-state index contributed by atoms with van der Waals surface area (Å²) in [4.78, 5) is 12.5. The number of methoxy groups -OCH3 is 2. The summed E-state index contributed by atoms with van der Waals surface area (Å²) in [7, 11) is 3.05. The van der Waals surface area contributed by atoms with Gasteiger partial charge in [0.2, 0.25) is 0 Å². The molecule has 0 aliphatic rings. The molecule has 6 nitrogen and oxygen atoms in total. The summed E-state index contributed by atoms with van der Waals surface area (Å²) >= 11 is 0. The monoisotopic (exact) mass is 355 g/mol. The molecular formula is C19H18FN3O3. The van der Waals surface area contributed by atoms with Gasteiger partial charge in [-0.25, -0.2) is 9.07 Å². The Hall–Kier alpha value is -3.35. The molecule has 0 aliphatic carbocycles.